The molecule has 0 radical (unpaired) electrons. The fourth-order valence-corrected chi connectivity index (χ4v) is 4.04. The van der Waals surface area contributed by atoms with Crippen molar-refractivity contribution in [2.75, 3.05) is 39.7 Å². The Kier molecular flexibility index (Phi) is 10.0. The first-order valence-corrected chi connectivity index (χ1v) is 13.5. The van der Waals surface area contributed by atoms with Crippen molar-refractivity contribution in [3.63, 3.8) is 0 Å². The van der Waals surface area contributed by atoms with Crippen LogP contribution >= 0.6 is 0 Å². The Labute approximate surface area is 212 Å². The van der Waals surface area contributed by atoms with E-state index in [1.54, 1.807) is 25.3 Å². The van der Waals surface area contributed by atoms with Crippen LogP contribution < -0.4 is 14.8 Å². The van der Waals surface area contributed by atoms with E-state index in [1.165, 1.54) is 0 Å². The summed E-state index contributed by atoms with van der Waals surface area (Å²) in [5.41, 5.74) is 3.91. The Hall–Kier alpha value is -3.24. The highest BCUT2D eigenvalue weighted by Gasteiger charge is 2.17. The lowest BCUT2D eigenvalue weighted by Gasteiger charge is -2.14. The van der Waals surface area contributed by atoms with Crippen LogP contribution in [0.3, 0.4) is 0 Å². The lowest BCUT2D eigenvalue weighted by Crippen LogP contribution is -2.29. The molecule has 0 saturated carbocycles. The van der Waals surface area contributed by atoms with Crippen LogP contribution in [0.25, 0.3) is 11.1 Å². The number of hydrogen-bond donors (Lipinski definition) is 3. The topological polar surface area (TPSA) is 114 Å². The summed E-state index contributed by atoms with van der Waals surface area (Å²) in [7, 11) is -2.17. The number of aliphatic hydroxyl groups excluding tert-OH is 1. The zero-order chi connectivity index (χ0) is 26.0. The Morgan fingerprint density at radius 3 is 2.33 bits per heavy atom. The molecule has 0 aliphatic rings. The summed E-state index contributed by atoms with van der Waals surface area (Å²) in [5, 5.41) is 13.5. The number of ether oxygens (including phenoxy) is 2. The first kappa shape index (κ1) is 27.3. The quantitative estimate of drug-likeness (QED) is 0.302. The molecule has 0 spiro atoms. The molecule has 3 aromatic carbocycles. The molecule has 0 aliphatic heterocycles. The van der Waals surface area contributed by atoms with Crippen molar-refractivity contribution >= 4 is 15.9 Å². The van der Waals surface area contributed by atoms with Crippen molar-refractivity contribution in [3.8, 4) is 16.9 Å². The first-order valence-electron chi connectivity index (χ1n) is 11.6. The van der Waals surface area contributed by atoms with Gasteiger partial charge in [-0.05, 0) is 47.4 Å². The zero-order valence-corrected chi connectivity index (χ0v) is 21.3. The van der Waals surface area contributed by atoms with Gasteiger partial charge in [0.05, 0.1) is 24.5 Å². The van der Waals surface area contributed by atoms with Crippen LogP contribution in [0.5, 0.6) is 5.75 Å². The Bertz CT molecular complexity index is 1230. The summed E-state index contributed by atoms with van der Waals surface area (Å²) in [5.74, 6) is -0.479. The van der Waals surface area contributed by atoms with Crippen molar-refractivity contribution in [1.29, 1.82) is 0 Å². The largest absolute Gasteiger partial charge is 0.490 e. The van der Waals surface area contributed by atoms with E-state index in [-0.39, 0.29) is 17.9 Å². The average molecular weight is 513 g/mol. The fraction of sp³-hybridized carbons (Fsp3) is 0.296. The van der Waals surface area contributed by atoms with Crippen molar-refractivity contribution in [2.45, 2.75) is 12.5 Å². The van der Waals surface area contributed by atoms with E-state index < -0.39 is 22.0 Å². The molecule has 3 N–H and O–H groups in total. The van der Waals surface area contributed by atoms with Crippen molar-refractivity contribution < 1.29 is 27.8 Å². The van der Waals surface area contributed by atoms with E-state index in [9.17, 15) is 18.3 Å². The Morgan fingerprint density at radius 1 is 0.972 bits per heavy atom. The van der Waals surface area contributed by atoms with Gasteiger partial charge in [0.25, 0.3) is 5.91 Å². The maximum atomic E-state index is 12.4. The summed E-state index contributed by atoms with van der Waals surface area (Å²) < 4.78 is 35.7. The molecule has 0 unspecified atom stereocenters. The van der Waals surface area contributed by atoms with Gasteiger partial charge in [0.15, 0.2) is 0 Å². The molecule has 0 fully saturated rings. The summed E-state index contributed by atoms with van der Waals surface area (Å²) in [6.07, 6.45) is 1.18. The van der Waals surface area contributed by atoms with E-state index in [0.717, 1.165) is 41.5 Å². The van der Waals surface area contributed by atoms with Gasteiger partial charge in [-0.15, -0.1) is 0 Å². The summed E-state index contributed by atoms with van der Waals surface area (Å²) >= 11 is 0. The molecule has 9 heteroatoms. The molecule has 0 heterocycles. The van der Waals surface area contributed by atoms with Crippen LogP contribution in [0.4, 0.5) is 0 Å². The maximum absolute atomic E-state index is 12.4. The molecule has 3 rings (SSSR count). The zero-order valence-electron chi connectivity index (χ0n) is 20.4. The van der Waals surface area contributed by atoms with E-state index >= 15 is 0 Å². The fourth-order valence-electron chi connectivity index (χ4n) is 3.60. The number of sulfonamides is 1. The molecule has 0 aliphatic carbocycles. The summed E-state index contributed by atoms with van der Waals surface area (Å²) in [4.78, 5) is 12.4. The van der Waals surface area contributed by atoms with Crippen LogP contribution in [0, 0.1) is 0 Å². The molecule has 1 amide bonds. The number of methoxy groups -OCH3 is 1. The van der Waals surface area contributed by atoms with Crippen LogP contribution in [0.15, 0.2) is 72.8 Å². The highest BCUT2D eigenvalue weighted by atomic mass is 32.2. The number of amides is 1. The number of nitrogens with one attached hydrogen (secondary N) is 2. The van der Waals surface area contributed by atoms with Crippen LogP contribution in [0.2, 0.25) is 0 Å². The minimum Gasteiger partial charge on any atom is -0.490 e. The van der Waals surface area contributed by atoms with Crippen molar-refractivity contribution in [1.82, 2.24) is 10.0 Å². The van der Waals surface area contributed by atoms with Gasteiger partial charge < -0.3 is 19.9 Å². The smallest absolute Gasteiger partial charge is 0.268 e. The molecule has 192 valence electrons. The average Bonchev–Trinajstić information content (AvgIpc) is 2.86. The Balaban J connectivity index is 1.63. The third-order valence-corrected chi connectivity index (χ3v) is 6.01. The molecule has 0 aromatic heterocycles. The number of benzene rings is 3. The SMILES string of the molecule is COCCOc1cc(-c2ccc(CCNC[C@@H](O)c3ccccc3)cc2)ccc1C(=O)NS(C)(=O)=O. The van der Waals surface area contributed by atoms with E-state index in [4.69, 9.17) is 9.47 Å². The van der Waals surface area contributed by atoms with Gasteiger partial charge in [0, 0.05) is 13.7 Å². The monoisotopic (exact) mass is 512 g/mol. The second kappa shape index (κ2) is 13.2. The van der Waals surface area contributed by atoms with Gasteiger partial charge in [-0.2, -0.15) is 0 Å². The van der Waals surface area contributed by atoms with E-state index in [2.05, 4.69) is 5.32 Å². The predicted octanol–water partition coefficient (Wildman–Crippen LogP) is 2.93. The van der Waals surface area contributed by atoms with E-state index in [1.807, 2.05) is 59.3 Å². The predicted molar refractivity (Wildman–Crippen MR) is 140 cm³/mol. The summed E-state index contributed by atoms with van der Waals surface area (Å²) in [6, 6.07) is 22.6. The third-order valence-electron chi connectivity index (χ3n) is 5.45. The maximum Gasteiger partial charge on any atom is 0.268 e. The minimum absolute atomic E-state index is 0.126. The number of rotatable bonds is 13. The second-order valence-electron chi connectivity index (χ2n) is 8.33. The van der Waals surface area contributed by atoms with Gasteiger partial charge in [-0.1, -0.05) is 60.7 Å². The second-order valence-corrected chi connectivity index (χ2v) is 10.1. The van der Waals surface area contributed by atoms with Gasteiger partial charge in [0.2, 0.25) is 10.0 Å². The van der Waals surface area contributed by atoms with Crippen molar-refractivity contribution in [2.24, 2.45) is 0 Å². The van der Waals surface area contributed by atoms with Crippen LogP contribution in [0.1, 0.15) is 27.6 Å². The lowest BCUT2D eigenvalue weighted by atomic mass is 10.0. The van der Waals surface area contributed by atoms with Crippen LogP contribution in [-0.4, -0.2) is 59.1 Å². The number of hydrogen-bond acceptors (Lipinski definition) is 7. The minimum atomic E-state index is -3.71. The Morgan fingerprint density at radius 2 is 1.67 bits per heavy atom. The molecule has 1 atom stereocenters. The normalized spacial score (nSPS) is 12.2. The van der Waals surface area contributed by atoms with Gasteiger partial charge in [-0.25, -0.2) is 13.1 Å². The van der Waals surface area contributed by atoms with Gasteiger partial charge in [0.1, 0.15) is 12.4 Å². The summed E-state index contributed by atoms with van der Waals surface area (Å²) in [6.45, 7) is 1.74. The lowest BCUT2D eigenvalue weighted by molar-refractivity contribution is 0.0973. The standard InChI is InChI=1S/C27H32N2O6S/c1-34-16-17-35-26-18-23(12-13-24(26)27(31)29-36(2,32)33)21-10-8-20(9-11-21)14-15-28-19-25(30)22-6-4-3-5-7-22/h3-13,18,25,28,30H,14-17,19H2,1-2H3,(H,29,31)/t25-/m1/s1. The molecular formula is C27H32N2O6S. The van der Waals surface area contributed by atoms with E-state index in [0.29, 0.717) is 13.2 Å². The number of carbonyl (C=O) groups excluding carboxylic acids is 1. The molecule has 0 saturated heterocycles. The van der Waals surface area contributed by atoms with Crippen molar-refractivity contribution in [3.05, 3.63) is 89.5 Å². The highest BCUT2D eigenvalue weighted by Crippen LogP contribution is 2.28. The first-order chi connectivity index (χ1) is 17.3. The third kappa shape index (κ3) is 8.46. The molecule has 0 bridgehead atoms. The molecular weight excluding hydrogens is 480 g/mol. The number of aliphatic hydroxyl groups is 1. The van der Waals surface area contributed by atoms with Crippen LogP contribution in [-0.2, 0) is 21.2 Å². The molecule has 36 heavy (non-hydrogen) atoms. The molecule has 8 nitrogen and oxygen atoms in total. The molecule has 3 aromatic rings. The highest BCUT2D eigenvalue weighted by molar-refractivity contribution is 7.89. The van der Waals surface area contributed by atoms with Gasteiger partial charge >= 0.3 is 0 Å². The van der Waals surface area contributed by atoms with Gasteiger partial charge in [-0.3, -0.25) is 4.79 Å². The number of carbonyl (C=O) groups is 1.